The molecule has 3 aromatic rings. The number of hydrogen-bond donors (Lipinski definition) is 0. The number of rotatable bonds is 2. The number of fused-ring (bicyclic) bond motifs is 2. The summed E-state index contributed by atoms with van der Waals surface area (Å²) < 4.78 is 3.04. The van der Waals surface area contributed by atoms with Crippen LogP contribution in [0.1, 0.15) is 5.56 Å². The molecule has 0 saturated heterocycles. The summed E-state index contributed by atoms with van der Waals surface area (Å²) in [4.78, 5) is 14.6. The number of anilines is 1. The first-order chi connectivity index (χ1) is 10.7. The van der Waals surface area contributed by atoms with Crippen LogP contribution in [0.4, 0.5) is 5.69 Å². The summed E-state index contributed by atoms with van der Waals surface area (Å²) in [6, 6.07) is 16.3. The molecule has 4 heteroatoms. The highest BCUT2D eigenvalue weighted by molar-refractivity contribution is 9.10. The summed E-state index contributed by atoms with van der Waals surface area (Å²) in [5, 5.41) is 1.15. The summed E-state index contributed by atoms with van der Waals surface area (Å²) in [5.74, 6) is 0.141. The van der Waals surface area contributed by atoms with Crippen molar-refractivity contribution in [2.75, 3.05) is 11.4 Å². The van der Waals surface area contributed by atoms with Crippen molar-refractivity contribution < 1.29 is 4.79 Å². The van der Waals surface area contributed by atoms with Crippen molar-refractivity contribution in [1.29, 1.82) is 0 Å². The van der Waals surface area contributed by atoms with Crippen LogP contribution in [0, 0.1) is 0 Å². The number of halogens is 1. The van der Waals surface area contributed by atoms with Gasteiger partial charge in [0.25, 0.3) is 0 Å². The van der Waals surface area contributed by atoms with Crippen molar-refractivity contribution >= 4 is 38.4 Å². The van der Waals surface area contributed by atoms with E-state index in [1.54, 1.807) is 0 Å². The molecule has 1 aliphatic heterocycles. The molecule has 0 atom stereocenters. The van der Waals surface area contributed by atoms with E-state index in [1.807, 2.05) is 46.0 Å². The summed E-state index contributed by atoms with van der Waals surface area (Å²) in [5.41, 5.74) is 3.40. The Labute approximate surface area is 137 Å². The van der Waals surface area contributed by atoms with E-state index >= 15 is 0 Å². The fraction of sp³-hybridized carbons (Fsp3) is 0.167. The van der Waals surface area contributed by atoms with E-state index in [0.717, 1.165) is 34.0 Å². The van der Waals surface area contributed by atoms with Crippen LogP contribution in [0.3, 0.4) is 0 Å². The molecule has 22 heavy (non-hydrogen) atoms. The molecule has 0 fully saturated rings. The van der Waals surface area contributed by atoms with E-state index in [2.05, 4.69) is 34.1 Å². The van der Waals surface area contributed by atoms with Crippen molar-refractivity contribution in [3.05, 3.63) is 64.8 Å². The van der Waals surface area contributed by atoms with Crippen LogP contribution in [-0.4, -0.2) is 17.0 Å². The molecular formula is C18H15BrN2O. The zero-order valence-electron chi connectivity index (χ0n) is 12.0. The molecule has 0 unspecified atom stereocenters. The quantitative estimate of drug-likeness (QED) is 0.682. The summed E-state index contributed by atoms with van der Waals surface area (Å²) >= 11 is 3.50. The lowest BCUT2D eigenvalue weighted by Gasteiger charge is -2.18. The molecule has 4 rings (SSSR count). The minimum Gasteiger partial charge on any atom is -0.338 e. The number of carbonyl (C=O) groups excluding carboxylic acids is 1. The molecule has 1 aromatic heterocycles. The molecule has 0 radical (unpaired) electrons. The van der Waals surface area contributed by atoms with E-state index in [0.29, 0.717) is 6.54 Å². The zero-order valence-corrected chi connectivity index (χ0v) is 13.6. The van der Waals surface area contributed by atoms with Gasteiger partial charge in [-0.15, -0.1) is 0 Å². The van der Waals surface area contributed by atoms with Gasteiger partial charge in [-0.05, 0) is 41.6 Å². The van der Waals surface area contributed by atoms with Gasteiger partial charge in [-0.3, -0.25) is 4.79 Å². The van der Waals surface area contributed by atoms with Gasteiger partial charge in [0.05, 0.1) is 0 Å². The van der Waals surface area contributed by atoms with Gasteiger partial charge in [0, 0.05) is 28.4 Å². The largest absolute Gasteiger partial charge is 0.338 e. The fourth-order valence-electron chi connectivity index (χ4n) is 3.12. The van der Waals surface area contributed by atoms with Crippen LogP contribution in [-0.2, 0) is 17.8 Å². The third-order valence-electron chi connectivity index (χ3n) is 4.23. The van der Waals surface area contributed by atoms with Gasteiger partial charge >= 0.3 is 0 Å². The van der Waals surface area contributed by atoms with Crippen molar-refractivity contribution in [3.63, 3.8) is 0 Å². The number of carbonyl (C=O) groups is 1. The first-order valence-electron chi connectivity index (χ1n) is 7.35. The van der Waals surface area contributed by atoms with Gasteiger partial charge < -0.3 is 9.47 Å². The van der Waals surface area contributed by atoms with Crippen molar-refractivity contribution in [2.45, 2.75) is 13.0 Å². The van der Waals surface area contributed by atoms with Crippen LogP contribution in [0.15, 0.2) is 59.2 Å². The van der Waals surface area contributed by atoms with Gasteiger partial charge in [-0.25, -0.2) is 0 Å². The average Bonchev–Trinajstić information content (AvgIpc) is 3.11. The smallest absolute Gasteiger partial charge is 0.246 e. The highest BCUT2D eigenvalue weighted by Crippen LogP contribution is 2.28. The predicted molar refractivity (Wildman–Crippen MR) is 92.1 cm³/mol. The second-order valence-corrected chi connectivity index (χ2v) is 6.49. The normalized spacial score (nSPS) is 13.6. The number of para-hydroxylation sites is 1. The van der Waals surface area contributed by atoms with Crippen LogP contribution >= 0.6 is 15.9 Å². The Morgan fingerprint density at radius 1 is 1.14 bits per heavy atom. The molecular weight excluding hydrogens is 340 g/mol. The van der Waals surface area contributed by atoms with Crippen molar-refractivity contribution in [3.8, 4) is 0 Å². The molecule has 1 amide bonds. The monoisotopic (exact) mass is 354 g/mol. The number of aromatic nitrogens is 1. The topological polar surface area (TPSA) is 25.2 Å². The minimum atomic E-state index is 0.141. The van der Waals surface area contributed by atoms with Crippen LogP contribution < -0.4 is 4.90 Å². The second kappa shape index (κ2) is 5.29. The SMILES string of the molecule is O=C(Cn1ccc2ccc(Br)cc21)N1CCc2ccccc21. The number of amides is 1. The van der Waals surface area contributed by atoms with Gasteiger partial charge in [0.2, 0.25) is 5.91 Å². The third kappa shape index (κ3) is 2.24. The van der Waals surface area contributed by atoms with Crippen molar-refractivity contribution in [1.82, 2.24) is 4.57 Å². The number of hydrogen-bond acceptors (Lipinski definition) is 1. The Kier molecular flexibility index (Phi) is 3.26. The lowest BCUT2D eigenvalue weighted by Crippen LogP contribution is -2.32. The van der Waals surface area contributed by atoms with Crippen LogP contribution in [0.5, 0.6) is 0 Å². The Bertz CT molecular complexity index is 868. The van der Waals surface area contributed by atoms with Gasteiger partial charge in [0.1, 0.15) is 6.54 Å². The molecule has 1 aliphatic rings. The van der Waals surface area contributed by atoms with E-state index in [9.17, 15) is 4.79 Å². The van der Waals surface area contributed by atoms with Crippen LogP contribution in [0.2, 0.25) is 0 Å². The number of nitrogens with zero attached hydrogens (tertiary/aromatic N) is 2. The van der Waals surface area contributed by atoms with E-state index in [4.69, 9.17) is 0 Å². The predicted octanol–water partition coefficient (Wildman–Crippen LogP) is 3.99. The van der Waals surface area contributed by atoms with Crippen LogP contribution in [0.25, 0.3) is 10.9 Å². The molecule has 0 bridgehead atoms. The fourth-order valence-corrected chi connectivity index (χ4v) is 3.47. The molecule has 0 spiro atoms. The maximum atomic E-state index is 12.7. The Morgan fingerprint density at radius 3 is 2.91 bits per heavy atom. The summed E-state index contributed by atoms with van der Waals surface area (Å²) in [6.07, 6.45) is 2.93. The van der Waals surface area contributed by atoms with E-state index in [-0.39, 0.29) is 5.91 Å². The molecule has 2 aromatic carbocycles. The maximum Gasteiger partial charge on any atom is 0.246 e. The third-order valence-corrected chi connectivity index (χ3v) is 4.72. The van der Waals surface area contributed by atoms with E-state index < -0.39 is 0 Å². The molecule has 2 heterocycles. The molecule has 0 N–H and O–H groups in total. The van der Waals surface area contributed by atoms with Gasteiger partial charge in [-0.2, -0.15) is 0 Å². The highest BCUT2D eigenvalue weighted by Gasteiger charge is 2.24. The summed E-state index contributed by atoms with van der Waals surface area (Å²) in [7, 11) is 0. The molecule has 3 nitrogen and oxygen atoms in total. The lowest BCUT2D eigenvalue weighted by atomic mass is 10.2. The number of benzene rings is 2. The molecule has 0 saturated carbocycles. The Hall–Kier alpha value is -2.07. The second-order valence-electron chi connectivity index (χ2n) is 5.57. The minimum absolute atomic E-state index is 0.141. The first kappa shape index (κ1) is 13.6. The summed E-state index contributed by atoms with van der Waals surface area (Å²) in [6.45, 7) is 1.15. The highest BCUT2D eigenvalue weighted by atomic mass is 79.9. The maximum absolute atomic E-state index is 12.7. The molecule has 0 aliphatic carbocycles. The molecule has 110 valence electrons. The first-order valence-corrected chi connectivity index (χ1v) is 8.14. The standard InChI is InChI=1S/C18H15BrN2O/c19-15-6-5-14-7-9-20(17(14)11-15)12-18(22)21-10-8-13-3-1-2-4-16(13)21/h1-7,9,11H,8,10,12H2. The van der Waals surface area contributed by atoms with E-state index in [1.165, 1.54) is 5.56 Å². The van der Waals surface area contributed by atoms with Gasteiger partial charge in [-0.1, -0.05) is 40.2 Å². The lowest BCUT2D eigenvalue weighted by molar-refractivity contribution is -0.119. The average molecular weight is 355 g/mol. The Balaban J connectivity index is 1.63. The van der Waals surface area contributed by atoms with Crippen molar-refractivity contribution in [2.24, 2.45) is 0 Å². The van der Waals surface area contributed by atoms with Gasteiger partial charge in [0.15, 0.2) is 0 Å². The zero-order chi connectivity index (χ0) is 15.1. The Morgan fingerprint density at radius 2 is 2.00 bits per heavy atom.